The second-order valence-corrected chi connectivity index (χ2v) is 7.41. The van der Waals surface area contributed by atoms with Crippen molar-refractivity contribution in [2.24, 2.45) is 10.1 Å². The van der Waals surface area contributed by atoms with Gasteiger partial charge in [-0.2, -0.15) is 5.10 Å². The van der Waals surface area contributed by atoms with Crippen LogP contribution in [0.4, 0.5) is 5.69 Å². The lowest BCUT2D eigenvalue weighted by Gasteiger charge is -2.12. The van der Waals surface area contributed by atoms with Crippen LogP contribution in [0, 0.1) is 0 Å². The van der Waals surface area contributed by atoms with Crippen molar-refractivity contribution in [3.63, 3.8) is 0 Å². The van der Waals surface area contributed by atoms with Crippen molar-refractivity contribution in [3.8, 4) is 17.2 Å². The number of hydrogen-bond acceptors (Lipinski definition) is 6. The Morgan fingerprint density at radius 3 is 2.20 bits per heavy atom. The van der Waals surface area contributed by atoms with Crippen molar-refractivity contribution < 1.29 is 14.2 Å². The Balaban J connectivity index is 1.82. The number of nitrogens with zero attached hydrogens (tertiary/aromatic N) is 2. The summed E-state index contributed by atoms with van der Waals surface area (Å²) in [7, 11) is 4.87. The van der Waals surface area contributed by atoms with E-state index in [1.165, 1.54) is 0 Å². The van der Waals surface area contributed by atoms with Crippen molar-refractivity contribution in [2.75, 3.05) is 21.3 Å². The highest BCUT2D eigenvalue weighted by molar-refractivity contribution is 9.10. The smallest absolute Gasteiger partial charge is 0.161 e. The van der Waals surface area contributed by atoms with Crippen molar-refractivity contribution in [1.82, 2.24) is 5.43 Å². The summed E-state index contributed by atoms with van der Waals surface area (Å²) < 4.78 is 17.0. The first-order valence-electron chi connectivity index (χ1n) is 9.22. The molecule has 30 heavy (non-hydrogen) atoms. The van der Waals surface area contributed by atoms with Gasteiger partial charge in [0.1, 0.15) is 11.5 Å². The van der Waals surface area contributed by atoms with E-state index in [4.69, 9.17) is 24.3 Å². The predicted octanol–water partition coefficient (Wildman–Crippen LogP) is 4.91. The quantitative estimate of drug-likeness (QED) is 0.581. The van der Waals surface area contributed by atoms with Crippen LogP contribution in [0.15, 0.2) is 75.2 Å². The lowest BCUT2D eigenvalue weighted by Crippen LogP contribution is -2.19. The number of hydrazone groups is 1. The molecule has 0 amide bonds. The predicted molar refractivity (Wildman–Crippen MR) is 122 cm³/mol. The minimum atomic E-state index is 0.634. The van der Waals surface area contributed by atoms with E-state index in [9.17, 15) is 0 Å². The molecule has 6 nitrogen and oxygen atoms in total. The maximum Gasteiger partial charge on any atom is 0.161 e. The molecule has 0 aliphatic carbocycles. The number of rotatable bonds is 5. The number of fused-ring (bicyclic) bond motifs is 1. The number of methoxy groups -OCH3 is 3. The number of halogens is 1. The average Bonchev–Trinajstić information content (AvgIpc) is 2.98. The molecule has 152 valence electrons. The van der Waals surface area contributed by atoms with Crippen LogP contribution in [0.2, 0.25) is 0 Å². The van der Waals surface area contributed by atoms with Crippen molar-refractivity contribution in [1.29, 1.82) is 0 Å². The van der Waals surface area contributed by atoms with Gasteiger partial charge in [0.25, 0.3) is 0 Å². The lowest BCUT2D eigenvalue weighted by atomic mass is 10.0. The Morgan fingerprint density at radius 1 is 0.767 bits per heavy atom. The molecule has 0 aromatic heterocycles. The Morgan fingerprint density at radius 2 is 1.50 bits per heavy atom. The molecule has 0 bridgehead atoms. The van der Waals surface area contributed by atoms with E-state index in [1.54, 1.807) is 21.3 Å². The van der Waals surface area contributed by atoms with E-state index in [0.29, 0.717) is 17.3 Å². The molecule has 3 aromatic carbocycles. The molecule has 1 heterocycles. The van der Waals surface area contributed by atoms with Crippen LogP contribution in [-0.2, 0) is 0 Å². The summed E-state index contributed by atoms with van der Waals surface area (Å²) in [6.45, 7) is 0. The maximum atomic E-state index is 5.47. The molecule has 0 saturated heterocycles. The van der Waals surface area contributed by atoms with Crippen LogP contribution in [0.25, 0.3) is 0 Å². The number of ether oxygens (including phenoxy) is 3. The number of amidine groups is 1. The minimum Gasteiger partial charge on any atom is -0.497 e. The van der Waals surface area contributed by atoms with Crippen LogP contribution < -0.4 is 19.6 Å². The Labute approximate surface area is 183 Å². The zero-order valence-corrected chi connectivity index (χ0v) is 18.4. The molecule has 0 radical (unpaired) electrons. The molecule has 0 spiro atoms. The van der Waals surface area contributed by atoms with E-state index < -0.39 is 0 Å². The van der Waals surface area contributed by atoms with Gasteiger partial charge in [-0.05, 0) is 60.7 Å². The van der Waals surface area contributed by atoms with Gasteiger partial charge in [0, 0.05) is 21.2 Å². The molecular formula is C23H20BrN3O3. The highest BCUT2D eigenvalue weighted by atomic mass is 79.9. The van der Waals surface area contributed by atoms with E-state index >= 15 is 0 Å². The first-order chi connectivity index (χ1) is 14.6. The standard InChI is InChI=1S/C23H20BrN3O3/c1-28-17-8-4-14(5-9-17)23-25-19-10-7-16(24)13-18(19)22(26-27-23)15-6-11-20(29-2)21(12-15)30-3/h4-13H,1-3H3,(H,25,27). The largest absolute Gasteiger partial charge is 0.497 e. The van der Waals surface area contributed by atoms with Crippen LogP contribution in [0.5, 0.6) is 17.2 Å². The van der Waals surface area contributed by atoms with Gasteiger partial charge >= 0.3 is 0 Å². The average molecular weight is 466 g/mol. The zero-order valence-electron chi connectivity index (χ0n) is 16.8. The van der Waals surface area contributed by atoms with Gasteiger partial charge in [-0.25, -0.2) is 4.99 Å². The number of aliphatic imine (C=N–C) groups is 1. The molecular weight excluding hydrogens is 446 g/mol. The van der Waals surface area contributed by atoms with Crippen LogP contribution >= 0.6 is 15.9 Å². The molecule has 0 saturated carbocycles. The summed E-state index contributed by atoms with van der Waals surface area (Å²) in [5.74, 6) is 2.73. The number of nitrogens with one attached hydrogen (secondary N) is 1. The number of hydrogen-bond donors (Lipinski definition) is 1. The Kier molecular flexibility index (Phi) is 5.72. The zero-order chi connectivity index (χ0) is 21.1. The van der Waals surface area contributed by atoms with Gasteiger partial charge < -0.3 is 14.2 Å². The lowest BCUT2D eigenvalue weighted by molar-refractivity contribution is 0.355. The molecule has 0 atom stereocenters. The van der Waals surface area contributed by atoms with Crippen molar-refractivity contribution in [3.05, 3.63) is 81.8 Å². The molecule has 7 heteroatoms. The second-order valence-electron chi connectivity index (χ2n) is 6.49. The molecule has 0 unspecified atom stereocenters. The van der Waals surface area contributed by atoms with E-state index in [-0.39, 0.29) is 0 Å². The van der Waals surface area contributed by atoms with Gasteiger partial charge in [-0.15, -0.1) is 0 Å². The van der Waals surface area contributed by atoms with Crippen molar-refractivity contribution in [2.45, 2.75) is 0 Å². The molecule has 1 aliphatic heterocycles. The number of benzene rings is 3. The second kappa shape index (κ2) is 8.59. The fourth-order valence-corrected chi connectivity index (χ4v) is 3.55. The summed E-state index contributed by atoms with van der Waals surface area (Å²) in [4.78, 5) is 4.83. The van der Waals surface area contributed by atoms with Gasteiger partial charge in [0.15, 0.2) is 17.3 Å². The Hall–Kier alpha value is -3.32. The monoisotopic (exact) mass is 465 g/mol. The Bertz CT molecular complexity index is 1140. The summed E-state index contributed by atoms with van der Waals surface area (Å²) in [6.07, 6.45) is 0. The van der Waals surface area contributed by atoms with Crippen LogP contribution in [-0.4, -0.2) is 32.9 Å². The van der Waals surface area contributed by atoms with Crippen LogP contribution in [0.1, 0.15) is 16.7 Å². The third-order valence-electron chi connectivity index (χ3n) is 4.74. The van der Waals surface area contributed by atoms with E-state index in [2.05, 4.69) is 21.4 Å². The normalized spacial score (nSPS) is 12.7. The third-order valence-corrected chi connectivity index (χ3v) is 5.23. The molecule has 1 N–H and O–H groups in total. The van der Waals surface area contributed by atoms with Crippen molar-refractivity contribution >= 4 is 33.2 Å². The van der Waals surface area contributed by atoms with Gasteiger partial charge in [0.2, 0.25) is 0 Å². The summed E-state index contributed by atoms with van der Waals surface area (Å²) >= 11 is 3.56. The minimum absolute atomic E-state index is 0.634. The summed E-state index contributed by atoms with van der Waals surface area (Å²) in [5.41, 5.74) is 7.36. The van der Waals surface area contributed by atoms with Gasteiger partial charge in [-0.3, -0.25) is 5.43 Å². The third kappa shape index (κ3) is 3.89. The van der Waals surface area contributed by atoms with E-state index in [0.717, 1.165) is 38.3 Å². The highest BCUT2D eigenvalue weighted by Gasteiger charge is 2.19. The first-order valence-corrected chi connectivity index (χ1v) is 10.0. The summed E-state index contributed by atoms with van der Waals surface area (Å²) in [5, 5.41) is 4.69. The fraction of sp³-hybridized carbons (Fsp3) is 0.130. The molecule has 3 aromatic rings. The topological polar surface area (TPSA) is 64.4 Å². The van der Waals surface area contributed by atoms with Gasteiger partial charge in [0.05, 0.1) is 27.0 Å². The fourth-order valence-electron chi connectivity index (χ4n) is 3.19. The SMILES string of the molecule is COc1ccc(C2=Nc3ccc(Br)cc3C(c3ccc(OC)c(OC)c3)=NN2)cc1. The van der Waals surface area contributed by atoms with Crippen LogP contribution in [0.3, 0.4) is 0 Å². The summed E-state index contributed by atoms with van der Waals surface area (Å²) in [6, 6.07) is 19.3. The maximum absolute atomic E-state index is 5.47. The molecule has 0 fully saturated rings. The van der Waals surface area contributed by atoms with Gasteiger partial charge in [-0.1, -0.05) is 15.9 Å². The molecule has 4 rings (SSSR count). The molecule has 1 aliphatic rings. The van der Waals surface area contributed by atoms with E-state index in [1.807, 2.05) is 60.7 Å². The highest BCUT2D eigenvalue weighted by Crippen LogP contribution is 2.32. The first kappa shape index (κ1) is 20.0.